The number of nitrogens with zero attached hydrogens (tertiary/aromatic N) is 2. The van der Waals surface area contributed by atoms with Crippen LogP contribution in [0.15, 0.2) is 62.6 Å². The Morgan fingerprint density at radius 3 is 2.50 bits per heavy atom. The standard InChI is InChI=1S/C19H17BrN2O3S/c1-3-24-16-10-6-14(7-11-16)18-21-22-19(25-18)26-12(2)17(23)13-4-8-15(20)9-5-13/h4-12H,3H2,1-2H3/t12-/m0/s1. The molecule has 1 heterocycles. The maximum absolute atomic E-state index is 12.5. The molecule has 0 saturated carbocycles. The predicted octanol–water partition coefficient (Wildman–Crippen LogP) is 5.26. The Hall–Kier alpha value is -2.12. The summed E-state index contributed by atoms with van der Waals surface area (Å²) >= 11 is 4.62. The maximum atomic E-state index is 12.5. The number of carbonyl (C=O) groups is 1. The van der Waals surface area contributed by atoms with Crippen molar-refractivity contribution in [1.82, 2.24) is 10.2 Å². The lowest BCUT2D eigenvalue weighted by Gasteiger charge is -2.07. The van der Waals surface area contributed by atoms with Gasteiger partial charge in [0.15, 0.2) is 5.78 Å². The zero-order chi connectivity index (χ0) is 18.5. The van der Waals surface area contributed by atoms with Gasteiger partial charge in [0.2, 0.25) is 5.89 Å². The SMILES string of the molecule is CCOc1ccc(-c2nnc(S[C@@H](C)C(=O)c3ccc(Br)cc3)o2)cc1. The van der Waals surface area contributed by atoms with Gasteiger partial charge in [-0.05, 0) is 50.2 Å². The minimum Gasteiger partial charge on any atom is -0.494 e. The fourth-order valence-corrected chi connectivity index (χ4v) is 3.31. The van der Waals surface area contributed by atoms with E-state index in [1.807, 2.05) is 50.2 Å². The summed E-state index contributed by atoms with van der Waals surface area (Å²) in [7, 11) is 0. The van der Waals surface area contributed by atoms with E-state index in [1.54, 1.807) is 12.1 Å². The lowest BCUT2D eigenvalue weighted by atomic mass is 10.1. The fraction of sp³-hybridized carbons (Fsp3) is 0.211. The maximum Gasteiger partial charge on any atom is 0.277 e. The number of Topliss-reactive ketones (excluding diaryl/α,β-unsaturated/α-hetero) is 1. The minimum atomic E-state index is -0.329. The number of rotatable bonds is 7. The van der Waals surface area contributed by atoms with E-state index < -0.39 is 0 Å². The normalized spacial score (nSPS) is 12.0. The van der Waals surface area contributed by atoms with Gasteiger partial charge in [-0.25, -0.2) is 0 Å². The van der Waals surface area contributed by atoms with E-state index in [2.05, 4.69) is 26.1 Å². The first-order valence-electron chi connectivity index (χ1n) is 8.10. The van der Waals surface area contributed by atoms with E-state index in [0.717, 1.165) is 15.8 Å². The van der Waals surface area contributed by atoms with Crippen molar-refractivity contribution >= 4 is 33.5 Å². The molecule has 1 atom stereocenters. The minimum absolute atomic E-state index is 0.0170. The Morgan fingerprint density at radius 2 is 1.85 bits per heavy atom. The molecule has 134 valence electrons. The first-order chi connectivity index (χ1) is 12.6. The van der Waals surface area contributed by atoms with Gasteiger partial charge >= 0.3 is 0 Å². The topological polar surface area (TPSA) is 65.2 Å². The van der Waals surface area contributed by atoms with E-state index in [4.69, 9.17) is 9.15 Å². The molecule has 0 radical (unpaired) electrons. The molecule has 1 aromatic heterocycles. The number of thioether (sulfide) groups is 1. The predicted molar refractivity (Wildman–Crippen MR) is 105 cm³/mol. The van der Waals surface area contributed by atoms with Gasteiger partial charge in [-0.3, -0.25) is 4.79 Å². The van der Waals surface area contributed by atoms with Crippen LogP contribution in [0.5, 0.6) is 5.75 Å². The summed E-state index contributed by atoms with van der Waals surface area (Å²) in [5.41, 5.74) is 1.46. The average molecular weight is 433 g/mol. The fourth-order valence-electron chi connectivity index (χ4n) is 2.29. The van der Waals surface area contributed by atoms with Crippen LogP contribution in [-0.4, -0.2) is 27.8 Å². The van der Waals surface area contributed by atoms with Gasteiger partial charge < -0.3 is 9.15 Å². The number of benzene rings is 2. The van der Waals surface area contributed by atoms with Crippen LogP contribution >= 0.6 is 27.7 Å². The van der Waals surface area contributed by atoms with E-state index in [0.29, 0.717) is 23.3 Å². The Morgan fingerprint density at radius 1 is 1.15 bits per heavy atom. The molecular formula is C19H17BrN2O3S. The van der Waals surface area contributed by atoms with Crippen LogP contribution in [0, 0.1) is 0 Å². The third kappa shape index (κ3) is 4.53. The van der Waals surface area contributed by atoms with Gasteiger partial charge in [0.25, 0.3) is 5.22 Å². The van der Waals surface area contributed by atoms with Crippen molar-refractivity contribution in [2.75, 3.05) is 6.61 Å². The highest BCUT2D eigenvalue weighted by Gasteiger charge is 2.20. The first kappa shape index (κ1) is 18.7. The van der Waals surface area contributed by atoms with Crippen molar-refractivity contribution in [1.29, 1.82) is 0 Å². The summed E-state index contributed by atoms with van der Waals surface area (Å²) < 4.78 is 12.0. The summed E-state index contributed by atoms with van der Waals surface area (Å²) in [5.74, 6) is 1.22. The number of carbonyl (C=O) groups excluding carboxylic acids is 1. The molecule has 0 bridgehead atoms. The second kappa shape index (κ2) is 8.51. The zero-order valence-corrected chi connectivity index (χ0v) is 16.7. The second-order valence-corrected chi connectivity index (χ2v) is 7.67. The van der Waals surface area contributed by atoms with Gasteiger partial charge in [0.05, 0.1) is 11.9 Å². The summed E-state index contributed by atoms with van der Waals surface area (Å²) in [4.78, 5) is 12.5. The zero-order valence-electron chi connectivity index (χ0n) is 14.3. The molecule has 0 saturated heterocycles. The highest BCUT2D eigenvalue weighted by Crippen LogP contribution is 2.28. The first-order valence-corrected chi connectivity index (χ1v) is 9.77. The smallest absolute Gasteiger partial charge is 0.277 e. The van der Waals surface area contributed by atoms with Gasteiger partial charge in [-0.2, -0.15) is 0 Å². The van der Waals surface area contributed by atoms with Crippen LogP contribution in [0.1, 0.15) is 24.2 Å². The Labute approximate surface area is 164 Å². The van der Waals surface area contributed by atoms with Gasteiger partial charge in [-0.15, -0.1) is 10.2 Å². The molecule has 0 fully saturated rings. The summed E-state index contributed by atoms with van der Waals surface area (Å²) in [5, 5.41) is 8.14. The molecule has 0 N–H and O–H groups in total. The van der Waals surface area contributed by atoms with E-state index in [-0.39, 0.29) is 11.0 Å². The molecule has 0 amide bonds. The van der Waals surface area contributed by atoms with Gasteiger partial charge in [-0.1, -0.05) is 39.8 Å². The van der Waals surface area contributed by atoms with Crippen LogP contribution in [0.4, 0.5) is 0 Å². The lowest BCUT2D eigenvalue weighted by molar-refractivity contribution is 0.0993. The Kier molecular flexibility index (Phi) is 6.11. The van der Waals surface area contributed by atoms with Crippen molar-refractivity contribution in [3.05, 3.63) is 58.6 Å². The molecule has 0 aliphatic rings. The quantitative estimate of drug-likeness (QED) is 0.374. The molecule has 0 aliphatic heterocycles. The highest BCUT2D eigenvalue weighted by molar-refractivity contribution is 9.10. The van der Waals surface area contributed by atoms with Crippen molar-refractivity contribution in [2.24, 2.45) is 0 Å². The number of hydrogen-bond acceptors (Lipinski definition) is 6. The molecule has 2 aromatic carbocycles. The van der Waals surface area contributed by atoms with Crippen LogP contribution in [0.25, 0.3) is 11.5 Å². The lowest BCUT2D eigenvalue weighted by Crippen LogP contribution is -2.13. The van der Waals surface area contributed by atoms with Crippen molar-refractivity contribution in [2.45, 2.75) is 24.3 Å². The molecule has 26 heavy (non-hydrogen) atoms. The molecule has 7 heteroatoms. The largest absolute Gasteiger partial charge is 0.494 e. The van der Waals surface area contributed by atoms with E-state index >= 15 is 0 Å². The van der Waals surface area contributed by atoms with Gasteiger partial charge in [0.1, 0.15) is 5.75 Å². The third-order valence-electron chi connectivity index (χ3n) is 3.59. The summed E-state index contributed by atoms with van der Waals surface area (Å²) in [6.07, 6.45) is 0. The highest BCUT2D eigenvalue weighted by atomic mass is 79.9. The molecule has 0 aliphatic carbocycles. The molecule has 0 unspecified atom stereocenters. The number of halogens is 1. The van der Waals surface area contributed by atoms with Crippen molar-refractivity contribution in [3.8, 4) is 17.2 Å². The number of aromatic nitrogens is 2. The Balaban J connectivity index is 1.67. The van der Waals surface area contributed by atoms with Crippen molar-refractivity contribution in [3.63, 3.8) is 0 Å². The molecule has 5 nitrogen and oxygen atoms in total. The van der Waals surface area contributed by atoms with Gasteiger partial charge in [0, 0.05) is 15.6 Å². The Bertz CT molecular complexity index is 879. The molecule has 3 aromatic rings. The second-order valence-electron chi connectivity index (χ2n) is 5.46. The van der Waals surface area contributed by atoms with E-state index in [9.17, 15) is 4.79 Å². The van der Waals surface area contributed by atoms with Crippen molar-refractivity contribution < 1.29 is 13.9 Å². The summed E-state index contributed by atoms with van der Waals surface area (Å²) in [6, 6.07) is 14.7. The van der Waals surface area contributed by atoms with Crippen LogP contribution in [-0.2, 0) is 0 Å². The van der Waals surface area contributed by atoms with Crippen LogP contribution in [0.3, 0.4) is 0 Å². The van der Waals surface area contributed by atoms with E-state index in [1.165, 1.54) is 11.8 Å². The monoisotopic (exact) mass is 432 g/mol. The molecule has 0 spiro atoms. The molecular weight excluding hydrogens is 416 g/mol. The van der Waals surface area contributed by atoms with Crippen LogP contribution < -0.4 is 4.74 Å². The molecule has 3 rings (SSSR count). The van der Waals surface area contributed by atoms with Crippen LogP contribution in [0.2, 0.25) is 0 Å². The third-order valence-corrected chi connectivity index (χ3v) is 5.06. The number of hydrogen-bond donors (Lipinski definition) is 0. The number of ether oxygens (including phenoxy) is 1. The number of ketones is 1. The average Bonchev–Trinajstić information content (AvgIpc) is 3.11. The summed E-state index contributed by atoms with van der Waals surface area (Å²) in [6.45, 7) is 4.38.